The van der Waals surface area contributed by atoms with Gasteiger partial charge in [-0.3, -0.25) is 9.88 Å². The number of nitrogens with one attached hydrogen (secondary N) is 1. The maximum atomic E-state index is 11.5. The van der Waals surface area contributed by atoms with Crippen LogP contribution in [0.3, 0.4) is 0 Å². The molecule has 76 valence electrons. The second kappa shape index (κ2) is 3.20. The summed E-state index contributed by atoms with van der Waals surface area (Å²) < 4.78 is 1.17. The number of carbonyl (C=O) groups excluding carboxylic acids is 1. The van der Waals surface area contributed by atoms with Crippen LogP contribution in [0.2, 0.25) is 0 Å². The third-order valence-electron chi connectivity index (χ3n) is 2.43. The van der Waals surface area contributed by atoms with Crippen LogP contribution in [-0.4, -0.2) is 24.1 Å². The lowest BCUT2D eigenvalue weighted by Gasteiger charge is -2.09. The second-order valence-electron chi connectivity index (χ2n) is 3.38. The van der Waals surface area contributed by atoms with E-state index in [2.05, 4.69) is 10.3 Å². The average molecular weight is 219 g/mol. The van der Waals surface area contributed by atoms with E-state index < -0.39 is 0 Å². The van der Waals surface area contributed by atoms with E-state index in [1.165, 1.54) is 4.70 Å². The van der Waals surface area contributed by atoms with Gasteiger partial charge in [0.1, 0.15) is 5.00 Å². The van der Waals surface area contributed by atoms with Gasteiger partial charge in [0.15, 0.2) is 0 Å². The summed E-state index contributed by atoms with van der Waals surface area (Å²) in [5.41, 5.74) is 0. The molecule has 2 aromatic heterocycles. The molecule has 0 aromatic carbocycles. The van der Waals surface area contributed by atoms with Crippen LogP contribution in [0.1, 0.15) is 0 Å². The molecule has 0 aliphatic carbocycles. The van der Waals surface area contributed by atoms with Crippen molar-refractivity contribution in [3.63, 3.8) is 0 Å². The number of amides is 2. The van der Waals surface area contributed by atoms with Crippen molar-refractivity contribution in [1.29, 1.82) is 0 Å². The van der Waals surface area contributed by atoms with Gasteiger partial charge < -0.3 is 5.32 Å². The van der Waals surface area contributed by atoms with Gasteiger partial charge in [-0.2, -0.15) is 0 Å². The highest BCUT2D eigenvalue weighted by Gasteiger charge is 2.22. The van der Waals surface area contributed by atoms with E-state index in [4.69, 9.17) is 0 Å². The molecule has 2 aromatic rings. The summed E-state index contributed by atoms with van der Waals surface area (Å²) in [7, 11) is 0. The average Bonchev–Trinajstić information content (AvgIpc) is 2.82. The Labute approximate surface area is 90.5 Å². The largest absolute Gasteiger partial charge is 0.336 e. The molecule has 0 saturated carbocycles. The summed E-state index contributed by atoms with van der Waals surface area (Å²) in [6, 6.07) is 3.98. The summed E-state index contributed by atoms with van der Waals surface area (Å²) in [6.07, 6.45) is 3.59. The molecule has 3 heterocycles. The lowest BCUT2D eigenvalue weighted by Crippen LogP contribution is -2.26. The number of aromatic nitrogens is 1. The molecule has 3 rings (SSSR count). The van der Waals surface area contributed by atoms with E-state index in [1.807, 2.05) is 18.3 Å². The number of anilines is 1. The molecule has 5 heteroatoms. The van der Waals surface area contributed by atoms with Crippen LogP contribution in [0, 0.1) is 0 Å². The number of nitrogens with zero attached hydrogens (tertiary/aromatic N) is 2. The van der Waals surface area contributed by atoms with Crippen molar-refractivity contribution < 1.29 is 4.79 Å². The Morgan fingerprint density at radius 2 is 2.47 bits per heavy atom. The minimum Gasteiger partial charge on any atom is -0.336 e. The van der Waals surface area contributed by atoms with Gasteiger partial charge in [-0.05, 0) is 12.1 Å². The first-order valence-electron chi connectivity index (χ1n) is 4.73. The van der Waals surface area contributed by atoms with Crippen molar-refractivity contribution >= 4 is 32.5 Å². The van der Waals surface area contributed by atoms with Crippen molar-refractivity contribution in [1.82, 2.24) is 10.3 Å². The SMILES string of the molecule is O=C1NCCN1c1cc2cnccc2s1. The molecule has 4 nitrogen and oxygen atoms in total. The van der Waals surface area contributed by atoms with E-state index in [-0.39, 0.29) is 6.03 Å². The topological polar surface area (TPSA) is 45.2 Å². The number of hydrogen-bond acceptors (Lipinski definition) is 3. The molecule has 1 N–H and O–H groups in total. The van der Waals surface area contributed by atoms with Crippen LogP contribution in [0.15, 0.2) is 24.5 Å². The molecule has 2 amide bonds. The molecule has 0 bridgehead atoms. The molecule has 1 aliphatic rings. The fourth-order valence-electron chi connectivity index (χ4n) is 1.69. The number of urea groups is 1. The first kappa shape index (κ1) is 8.67. The van der Waals surface area contributed by atoms with Gasteiger partial charge >= 0.3 is 6.03 Å². The Bertz CT molecular complexity index is 489. The highest BCUT2D eigenvalue weighted by atomic mass is 32.1. The fraction of sp³-hybridized carbons (Fsp3) is 0.200. The fourth-order valence-corrected chi connectivity index (χ4v) is 2.74. The normalized spacial score (nSPS) is 16.0. The summed E-state index contributed by atoms with van der Waals surface area (Å²) in [5, 5.41) is 4.88. The predicted molar refractivity (Wildman–Crippen MR) is 60.4 cm³/mol. The first-order valence-corrected chi connectivity index (χ1v) is 5.55. The Kier molecular flexibility index (Phi) is 1.85. The van der Waals surface area contributed by atoms with E-state index in [0.29, 0.717) is 0 Å². The molecule has 0 spiro atoms. The van der Waals surface area contributed by atoms with Crippen molar-refractivity contribution in [3.05, 3.63) is 24.5 Å². The zero-order valence-corrected chi connectivity index (χ0v) is 8.75. The standard InChI is InChI=1S/C10H9N3OS/c14-10-12-3-4-13(10)9-5-7-6-11-2-1-8(7)15-9/h1-2,5-6H,3-4H2,(H,12,14). The number of pyridine rings is 1. The second-order valence-corrected chi connectivity index (χ2v) is 4.44. The molecule has 1 fully saturated rings. The van der Waals surface area contributed by atoms with Gasteiger partial charge in [0, 0.05) is 35.6 Å². The van der Waals surface area contributed by atoms with E-state index >= 15 is 0 Å². The van der Waals surface area contributed by atoms with E-state index in [0.717, 1.165) is 23.5 Å². The zero-order valence-electron chi connectivity index (χ0n) is 7.93. The number of rotatable bonds is 1. The summed E-state index contributed by atoms with van der Waals surface area (Å²) >= 11 is 1.62. The Morgan fingerprint density at radius 1 is 1.53 bits per heavy atom. The molecule has 1 saturated heterocycles. The molecule has 0 unspecified atom stereocenters. The summed E-state index contributed by atoms with van der Waals surface area (Å²) in [6.45, 7) is 1.48. The molecular weight excluding hydrogens is 210 g/mol. The predicted octanol–water partition coefficient (Wildman–Crippen LogP) is 1.83. The quantitative estimate of drug-likeness (QED) is 0.795. The van der Waals surface area contributed by atoms with Crippen LogP contribution in [0.25, 0.3) is 10.1 Å². The Balaban J connectivity index is 2.08. The maximum absolute atomic E-state index is 11.5. The maximum Gasteiger partial charge on any atom is 0.322 e. The smallest absolute Gasteiger partial charge is 0.322 e. The molecular formula is C10H9N3OS. The number of thiophene rings is 1. The van der Waals surface area contributed by atoms with Crippen LogP contribution in [0.5, 0.6) is 0 Å². The first-order chi connectivity index (χ1) is 7.34. The Morgan fingerprint density at radius 3 is 3.20 bits per heavy atom. The van der Waals surface area contributed by atoms with Crippen molar-refractivity contribution in [3.8, 4) is 0 Å². The van der Waals surface area contributed by atoms with Crippen molar-refractivity contribution in [2.75, 3.05) is 18.0 Å². The lowest BCUT2D eigenvalue weighted by molar-refractivity contribution is 0.252. The van der Waals surface area contributed by atoms with Gasteiger partial charge in [0.25, 0.3) is 0 Å². The number of fused-ring (bicyclic) bond motifs is 1. The van der Waals surface area contributed by atoms with Crippen LogP contribution in [-0.2, 0) is 0 Å². The van der Waals surface area contributed by atoms with E-state index in [1.54, 1.807) is 22.4 Å². The van der Waals surface area contributed by atoms with Gasteiger partial charge in [0.2, 0.25) is 0 Å². The Hall–Kier alpha value is -1.62. The monoisotopic (exact) mass is 219 g/mol. The van der Waals surface area contributed by atoms with Crippen LogP contribution in [0.4, 0.5) is 9.80 Å². The lowest BCUT2D eigenvalue weighted by atomic mass is 10.3. The highest BCUT2D eigenvalue weighted by molar-refractivity contribution is 7.23. The minimum atomic E-state index is -0.00508. The van der Waals surface area contributed by atoms with Crippen molar-refractivity contribution in [2.45, 2.75) is 0 Å². The summed E-state index contributed by atoms with van der Waals surface area (Å²) in [4.78, 5) is 17.3. The van der Waals surface area contributed by atoms with Crippen LogP contribution >= 0.6 is 11.3 Å². The molecule has 1 aliphatic heterocycles. The third-order valence-corrected chi connectivity index (χ3v) is 3.57. The molecule has 0 radical (unpaired) electrons. The molecule has 0 atom stereocenters. The zero-order chi connectivity index (χ0) is 10.3. The van der Waals surface area contributed by atoms with Gasteiger partial charge in [-0.15, -0.1) is 11.3 Å². The minimum absolute atomic E-state index is 0.00508. The van der Waals surface area contributed by atoms with Crippen molar-refractivity contribution in [2.24, 2.45) is 0 Å². The van der Waals surface area contributed by atoms with Crippen LogP contribution < -0.4 is 10.2 Å². The molecule has 15 heavy (non-hydrogen) atoms. The van der Waals surface area contributed by atoms with Gasteiger partial charge in [-0.1, -0.05) is 0 Å². The highest BCUT2D eigenvalue weighted by Crippen LogP contribution is 2.32. The third kappa shape index (κ3) is 1.35. The van der Waals surface area contributed by atoms with Gasteiger partial charge in [0.05, 0.1) is 0 Å². The number of carbonyl (C=O) groups is 1. The number of hydrogen-bond donors (Lipinski definition) is 1. The van der Waals surface area contributed by atoms with Gasteiger partial charge in [-0.25, -0.2) is 4.79 Å². The van der Waals surface area contributed by atoms with E-state index in [9.17, 15) is 4.79 Å². The summed E-state index contributed by atoms with van der Waals surface area (Å²) in [5.74, 6) is 0.